The number of rotatable bonds is 62. The highest BCUT2D eigenvalue weighted by molar-refractivity contribution is 7.45. The minimum Gasteiger partial charge on any atom is -0.756 e. The third kappa shape index (κ3) is 61.8. The van der Waals surface area contributed by atoms with Crippen molar-refractivity contribution >= 4 is 13.7 Å². The number of likely N-dealkylation sites (N-methyl/N-ethyl adjacent to an activating group) is 1. The number of quaternary nitrogens is 1. The number of aliphatic hydroxyl groups excluding tert-OH is 1. The van der Waals surface area contributed by atoms with Crippen LogP contribution in [0.25, 0.3) is 0 Å². The summed E-state index contributed by atoms with van der Waals surface area (Å²) in [5.41, 5.74) is 0. The Labute approximate surface area is 485 Å². The Hall–Kier alpha value is -1.80. The van der Waals surface area contributed by atoms with E-state index in [4.69, 9.17) is 9.05 Å². The maximum Gasteiger partial charge on any atom is 0.268 e. The largest absolute Gasteiger partial charge is 0.756 e. The topological polar surface area (TPSA) is 108 Å². The van der Waals surface area contributed by atoms with Crippen molar-refractivity contribution in [2.45, 2.75) is 334 Å². The van der Waals surface area contributed by atoms with E-state index in [1.807, 2.05) is 27.2 Å². The zero-order valence-corrected chi connectivity index (χ0v) is 53.3. The van der Waals surface area contributed by atoms with E-state index in [1.165, 1.54) is 250 Å². The van der Waals surface area contributed by atoms with Crippen molar-refractivity contribution in [2.24, 2.45) is 0 Å². The second kappa shape index (κ2) is 59.8. The van der Waals surface area contributed by atoms with Gasteiger partial charge in [0.05, 0.1) is 39.9 Å². The lowest BCUT2D eigenvalue weighted by atomic mass is 10.0. The number of hydrogen-bond acceptors (Lipinski definition) is 6. The van der Waals surface area contributed by atoms with Gasteiger partial charge in [-0.05, 0) is 77.0 Å². The van der Waals surface area contributed by atoms with Crippen LogP contribution in [0, 0.1) is 0 Å². The van der Waals surface area contributed by atoms with Crippen LogP contribution in [-0.4, -0.2) is 68.5 Å². The molecule has 2 N–H and O–H groups in total. The second-order valence-corrected chi connectivity index (χ2v) is 25.6. The highest BCUT2D eigenvalue weighted by Gasteiger charge is 2.23. The van der Waals surface area contributed by atoms with Gasteiger partial charge >= 0.3 is 0 Å². The Kier molecular flexibility index (Phi) is 58.4. The van der Waals surface area contributed by atoms with Crippen LogP contribution < -0.4 is 10.2 Å². The molecule has 0 spiro atoms. The van der Waals surface area contributed by atoms with Gasteiger partial charge in [0, 0.05) is 6.42 Å². The molecule has 3 atom stereocenters. The van der Waals surface area contributed by atoms with Crippen LogP contribution in [-0.2, 0) is 18.4 Å². The van der Waals surface area contributed by atoms with Gasteiger partial charge in [-0.2, -0.15) is 0 Å². The summed E-state index contributed by atoms with van der Waals surface area (Å²) in [7, 11) is 1.24. The van der Waals surface area contributed by atoms with Crippen molar-refractivity contribution < 1.29 is 32.9 Å². The Morgan fingerprint density at radius 2 is 0.756 bits per heavy atom. The van der Waals surface area contributed by atoms with Crippen LogP contribution in [0.1, 0.15) is 322 Å². The number of amides is 1. The van der Waals surface area contributed by atoms with Gasteiger partial charge in [-0.1, -0.05) is 299 Å². The molecule has 0 aromatic carbocycles. The third-order valence-corrected chi connectivity index (χ3v) is 16.1. The summed E-state index contributed by atoms with van der Waals surface area (Å²) in [4.78, 5) is 25.6. The minimum absolute atomic E-state index is 0.00934. The van der Waals surface area contributed by atoms with Crippen LogP contribution in [0.5, 0.6) is 0 Å². The second-order valence-electron chi connectivity index (χ2n) is 24.2. The number of hydrogen-bond donors (Lipinski definition) is 2. The summed E-state index contributed by atoms with van der Waals surface area (Å²) >= 11 is 0. The monoisotopic (exact) mass is 1110 g/mol. The number of carbonyl (C=O) groups is 1. The van der Waals surface area contributed by atoms with Gasteiger partial charge in [-0.25, -0.2) is 0 Å². The number of carbonyl (C=O) groups excluding carboxylic acids is 1. The zero-order chi connectivity index (χ0) is 57.0. The van der Waals surface area contributed by atoms with Crippen LogP contribution in [0.2, 0.25) is 0 Å². The van der Waals surface area contributed by atoms with Crippen molar-refractivity contribution in [1.82, 2.24) is 5.32 Å². The highest BCUT2D eigenvalue weighted by Crippen LogP contribution is 2.38. The van der Waals surface area contributed by atoms with Gasteiger partial charge in [0.2, 0.25) is 5.91 Å². The minimum atomic E-state index is -4.62. The first kappa shape index (κ1) is 76.2. The number of unbranched alkanes of at least 4 members (excludes halogenated alkanes) is 41. The van der Waals surface area contributed by atoms with Gasteiger partial charge in [0.15, 0.2) is 0 Å². The highest BCUT2D eigenvalue weighted by atomic mass is 31.2. The fraction of sp³-hybridized carbons (Fsp3) is 0.841. The summed E-state index contributed by atoms with van der Waals surface area (Å²) in [5, 5.41) is 13.9. The van der Waals surface area contributed by atoms with Gasteiger partial charge in [-0.15, -0.1) is 0 Å². The van der Waals surface area contributed by atoms with Gasteiger partial charge in [-0.3, -0.25) is 9.36 Å². The Morgan fingerprint density at radius 3 is 1.12 bits per heavy atom. The van der Waals surface area contributed by atoms with Crippen molar-refractivity contribution in [3.05, 3.63) is 60.8 Å². The maximum absolute atomic E-state index is 13.0. The molecular formula is C69H131N2O6P. The molecule has 8 nitrogen and oxygen atoms in total. The van der Waals surface area contributed by atoms with E-state index in [-0.39, 0.29) is 12.5 Å². The van der Waals surface area contributed by atoms with Crippen molar-refractivity contribution in [2.75, 3.05) is 40.9 Å². The molecule has 9 heteroatoms. The molecule has 1 amide bonds. The van der Waals surface area contributed by atoms with Crippen LogP contribution >= 0.6 is 7.82 Å². The zero-order valence-electron chi connectivity index (χ0n) is 52.4. The van der Waals surface area contributed by atoms with E-state index in [0.29, 0.717) is 17.4 Å². The van der Waals surface area contributed by atoms with Crippen molar-refractivity contribution in [3.8, 4) is 0 Å². The summed E-state index contributed by atoms with van der Waals surface area (Å²) in [5.74, 6) is -0.208. The number of aliphatic hydroxyl groups is 1. The third-order valence-electron chi connectivity index (χ3n) is 15.2. The average Bonchev–Trinajstić information content (AvgIpc) is 3.41. The van der Waals surface area contributed by atoms with Gasteiger partial charge < -0.3 is 28.8 Å². The quantitative estimate of drug-likeness (QED) is 0.0272. The van der Waals surface area contributed by atoms with E-state index < -0.39 is 26.6 Å². The fourth-order valence-corrected chi connectivity index (χ4v) is 10.6. The smallest absolute Gasteiger partial charge is 0.268 e. The molecule has 0 rings (SSSR count). The van der Waals surface area contributed by atoms with E-state index in [2.05, 4.69) is 67.8 Å². The summed E-state index contributed by atoms with van der Waals surface area (Å²) < 4.78 is 23.4. The Morgan fingerprint density at radius 1 is 0.449 bits per heavy atom. The molecule has 0 fully saturated rings. The molecule has 0 bridgehead atoms. The number of nitrogens with one attached hydrogen (secondary N) is 1. The van der Waals surface area contributed by atoms with E-state index in [0.717, 1.165) is 51.4 Å². The lowest BCUT2D eigenvalue weighted by Gasteiger charge is -2.29. The molecule has 0 aromatic heterocycles. The molecule has 78 heavy (non-hydrogen) atoms. The summed E-state index contributed by atoms with van der Waals surface area (Å²) in [6, 6.07) is -0.912. The molecule has 0 radical (unpaired) electrons. The van der Waals surface area contributed by atoms with Crippen molar-refractivity contribution in [3.63, 3.8) is 0 Å². The molecule has 0 aliphatic carbocycles. The SMILES string of the molecule is CCCCCCC/C=C\C/C=C\CCCCCCCCCCCCCCCCCCCC(=O)NC(COP(=O)([O-])OCC[N+](C)(C)C)C(O)/C=C/CC/C=C/CC/C=C/CCCCCCCCCCCCCCCCCCC. The Balaban J connectivity index is 4.15. The fourth-order valence-electron chi connectivity index (χ4n) is 9.92. The number of phosphoric acid groups is 1. The predicted octanol–water partition coefficient (Wildman–Crippen LogP) is 20.6. The predicted molar refractivity (Wildman–Crippen MR) is 339 cm³/mol. The van der Waals surface area contributed by atoms with Crippen LogP contribution in [0.15, 0.2) is 60.8 Å². The molecule has 0 aliphatic heterocycles. The van der Waals surface area contributed by atoms with Crippen LogP contribution in [0.3, 0.4) is 0 Å². The lowest BCUT2D eigenvalue weighted by molar-refractivity contribution is -0.870. The van der Waals surface area contributed by atoms with Gasteiger partial charge in [0.1, 0.15) is 13.2 Å². The number of allylic oxidation sites excluding steroid dienone is 9. The van der Waals surface area contributed by atoms with E-state index in [9.17, 15) is 19.4 Å². The first-order valence-corrected chi connectivity index (χ1v) is 35.1. The molecule has 0 heterocycles. The summed E-state index contributed by atoms with van der Waals surface area (Å²) in [6.45, 7) is 4.65. The van der Waals surface area contributed by atoms with E-state index in [1.54, 1.807) is 6.08 Å². The van der Waals surface area contributed by atoms with E-state index >= 15 is 0 Å². The molecule has 0 saturated carbocycles. The molecule has 0 aliphatic rings. The average molecular weight is 1120 g/mol. The first-order chi connectivity index (χ1) is 38.0. The normalized spacial score (nSPS) is 14.1. The summed E-state index contributed by atoms with van der Waals surface area (Å²) in [6.07, 6.45) is 81.9. The molecule has 0 aromatic rings. The molecular weight excluding hydrogens is 984 g/mol. The molecule has 458 valence electrons. The van der Waals surface area contributed by atoms with Gasteiger partial charge in [0.25, 0.3) is 7.82 Å². The molecule has 3 unspecified atom stereocenters. The Bertz CT molecular complexity index is 1450. The van der Waals surface area contributed by atoms with Crippen LogP contribution in [0.4, 0.5) is 0 Å². The standard InChI is InChI=1S/C69H131N2O6P/c1-6-8-10-12-14-16-18-20-22-24-26-28-30-32-34-35-37-39-41-43-45-47-49-51-53-55-57-59-61-63-69(73)70-67(66-77-78(74,75)76-65-64-71(3,4)5)68(72)62-60-58-56-54-52-50-48-46-44-42-40-38-36-33-31-29-27-25-23-21-19-17-15-13-11-9-7-2/h18,20,24,26,44,46,52,54,60,62,67-68,72H,6-17,19,21-23,25,27-43,45,47-51,53,55-59,61,63-66H2,1-5H3,(H-,70,73,74,75)/b20-18-,26-24-,46-44+,54-52+,62-60+. The number of nitrogens with zero attached hydrogens (tertiary/aromatic N) is 1. The number of phosphoric ester groups is 1. The maximum atomic E-state index is 13.0. The molecule has 0 saturated heterocycles. The lowest BCUT2D eigenvalue weighted by Crippen LogP contribution is -2.45. The first-order valence-electron chi connectivity index (χ1n) is 33.7. The van der Waals surface area contributed by atoms with Crippen molar-refractivity contribution in [1.29, 1.82) is 0 Å².